The van der Waals surface area contributed by atoms with Gasteiger partial charge in [0.05, 0.1) is 0 Å². The van der Waals surface area contributed by atoms with Gasteiger partial charge in [-0.1, -0.05) is 0 Å². The molecule has 6 heteroatoms. The maximum absolute atomic E-state index is 11.9. The molecule has 0 bridgehead atoms. The van der Waals surface area contributed by atoms with E-state index in [9.17, 15) is 9.59 Å². The van der Waals surface area contributed by atoms with Crippen LogP contribution in [0.5, 0.6) is 0 Å². The topological polar surface area (TPSA) is 76.1 Å². The lowest BCUT2D eigenvalue weighted by molar-refractivity contribution is 0.000689. The Kier molecular flexibility index (Phi) is 6.29. The Morgan fingerprint density at radius 1 is 0.947 bits per heavy atom. The van der Waals surface area contributed by atoms with Crippen LogP contribution in [0.15, 0.2) is 0 Å². The number of carbonyl (C=O) groups excluding carboxylic acids is 2. The zero-order chi connectivity index (χ0) is 15.3. The lowest BCUT2D eigenvalue weighted by Crippen LogP contribution is -2.44. The first kappa shape index (κ1) is 17.7. The van der Waals surface area contributed by atoms with Crippen LogP contribution in [0.4, 0.5) is 9.59 Å². The molecule has 0 unspecified atom stereocenters. The molecule has 19 heavy (non-hydrogen) atoms. The summed E-state index contributed by atoms with van der Waals surface area (Å²) in [6, 6.07) is 0. The number of rotatable bonds is 3. The van der Waals surface area contributed by atoms with E-state index in [0.717, 1.165) is 4.90 Å². The number of amides is 2. The fourth-order valence-corrected chi connectivity index (χ4v) is 1.12. The first-order valence-corrected chi connectivity index (χ1v) is 6.30. The van der Waals surface area contributed by atoms with Gasteiger partial charge >= 0.3 is 12.2 Å². The zero-order valence-corrected chi connectivity index (χ0v) is 12.6. The Labute approximate surface area is 114 Å². The Balaban J connectivity index is 4.80. The van der Waals surface area contributed by atoms with Crippen LogP contribution in [-0.2, 0) is 9.47 Å². The van der Waals surface area contributed by atoms with Gasteiger partial charge in [0.25, 0.3) is 0 Å². The van der Waals surface area contributed by atoms with Gasteiger partial charge in [-0.15, -0.1) is 0 Å². The van der Waals surface area contributed by atoms with Crippen LogP contribution < -0.4 is 0 Å². The van der Waals surface area contributed by atoms with Crippen molar-refractivity contribution in [2.45, 2.75) is 59.2 Å². The summed E-state index contributed by atoms with van der Waals surface area (Å²) in [7, 11) is 0. The second-order valence-electron chi connectivity index (χ2n) is 6.19. The average Bonchev–Trinajstić information content (AvgIpc) is 2.12. The van der Waals surface area contributed by atoms with Crippen molar-refractivity contribution >= 4 is 12.2 Å². The van der Waals surface area contributed by atoms with Gasteiger partial charge in [-0.25, -0.2) is 14.5 Å². The molecule has 0 saturated heterocycles. The normalized spacial score (nSPS) is 11.9. The molecule has 0 spiro atoms. The van der Waals surface area contributed by atoms with Crippen LogP contribution in [-0.4, -0.2) is 46.5 Å². The fraction of sp³-hybridized carbons (Fsp3) is 0.846. The van der Waals surface area contributed by atoms with Crippen LogP contribution in [0.1, 0.15) is 48.0 Å². The summed E-state index contributed by atoms with van der Waals surface area (Å²) >= 11 is 0. The number of aliphatic hydroxyl groups excluding tert-OH is 1. The predicted molar refractivity (Wildman–Crippen MR) is 70.9 cm³/mol. The summed E-state index contributed by atoms with van der Waals surface area (Å²) in [6.45, 7) is 10.2. The highest BCUT2D eigenvalue weighted by atomic mass is 16.6. The number of nitrogens with zero attached hydrogens (tertiary/aromatic N) is 1. The van der Waals surface area contributed by atoms with Gasteiger partial charge in [0.1, 0.15) is 11.2 Å². The molecule has 2 amide bonds. The predicted octanol–water partition coefficient (Wildman–Crippen LogP) is 2.54. The zero-order valence-electron chi connectivity index (χ0n) is 12.6. The molecule has 0 saturated carbocycles. The Morgan fingerprint density at radius 2 is 1.32 bits per heavy atom. The lowest BCUT2D eigenvalue weighted by atomic mass is 10.2. The number of ether oxygens (including phenoxy) is 2. The number of hydrogen-bond donors (Lipinski definition) is 1. The molecule has 6 nitrogen and oxygen atoms in total. The molecular weight excluding hydrogens is 250 g/mol. The van der Waals surface area contributed by atoms with Crippen molar-refractivity contribution in [1.82, 2.24) is 4.90 Å². The molecule has 1 N–H and O–H groups in total. The van der Waals surface area contributed by atoms with E-state index < -0.39 is 23.4 Å². The van der Waals surface area contributed by atoms with E-state index in [2.05, 4.69) is 0 Å². The maximum Gasteiger partial charge on any atom is 0.419 e. The summed E-state index contributed by atoms with van der Waals surface area (Å²) in [6.07, 6.45) is -1.26. The molecule has 0 aliphatic carbocycles. The third-order valence-electron chi connectivity index (χ3n) is 1.77. The van der Waals surface area contributed by atoms with E-state index >= 15 is 0 Å². The highest BCUT2D eigenvalue weighted by Crippen LogP contribution is 2.14. The molecular formula is C13H25NO5. The summed E-state index contributed by atoms with van der Waals surface area (Å²) < 4.78 is 10.3. The van der Waals surface area contributed by atoms with E-state index in [4.69, 9.17) is 14.6 Å². The Hall–Kier alpha value is -1.30. The number of aliphatic hydroxyl groups is 1. The minimum Gasteiger partial charge on any atom is -0.443 e. The summed E-state index contributed by atoms with van der Waals surface area (Å²) in [4.78, 5) is 24.7. The standard InChI is InChI=1S/C13H25NO5/c1-12(2,3)18-10(16)14(8-7-9-15)11(17)19-13(4,5)6/h15H,7-9H2,1-6H3. The van der Waals surface area contributed by atoms with Crippen LogP contribution in [0, 0.1) is 0 Å². The molecule has 0 aromatic heterocycles. The first-order chi connectivity index (χ1) is 8.46. The van der Waals surface area contributed by atoms with Gasteiger partial charge in [-0.2, -0.15) is 0 Å². The molecule has 0 heterocycles. The van der Waals surface area contributed by atoms with Crippen LogP contribution in [0.3, 0.4) is 0 Å². The van der Waals surface area contributed by atoms with Gasteiger partial charge in [-0.05, 0) is 48.0 Å². The largest absolute Gasteiger partial charge is 0.443 e. The molecule has 0 radical (unpaired) electrons. The third-order valence-corrected chi connectivity index (χ3v) is 1.77. The van der Waals surface area contributed by atoms with Crippen molar-refractivity contribution in [2.75, 3.05) is 13.2 Å². The molecule has 0 aromatic carbocycles. The van der Waals surface area contributed by atoms with Crippen LogP contribution >= 0.6 is 0 Å². The van der Waals surface area contributed by atoms with Crippen molar-refractivity contribution in [2.24, 2.45) is 0 Å². The lowest BCUT2D eigenvalue weighted by Gasteiger charge is -2.28. The fourth-order valence-electron chi connectivity index (χ4n) is 1.12. The highest BCUT2D eigenvalue weighted by molar-refractivity contribution is 5.88. The van der Waals surface area contributed by atoms with Crippen molar-refractivity contribution in [3.8, 4) is 0 Å². The number of hydrogen-bond acceptors (Lipinski definition) is 5. The minimum absolute atomic E-state index is 0.0559. The van der Waals surface area contributed by atoms with Gasteiger partial charge in [0.2, 0.25) is 0 Å². The molecule has 112 valence electrons. The van der Waals surface area contributed by atoms with Crippen LogP contribution in [0.2, 0.25) is 0 Å². The smallest absolute Gasteiger partial charge is 0.419 e. The van der Waals surface area contributed by atoms with Crippen molar-refractivity contribution in [1.29, 1.82) is 0 Å². The number of carbonyl (C=O) groups is 2. The van der Waals surface area contributed by atoms with Crippen molar-refractivity contribution < 1.29 is 24.2 Å². The second-order valence-corrected chi connectivity index (χ2v) is 6.19. The van der Waals surface area contributed by atoms with Crippen LogP contribution in [0.25, 0.3) is 0 Å². The van der Waals surface area contributed by atoms with Crippen molar-refractivity contribution in [3.63, 3.8) is 0 Å². The van der Waals surface area contributed by atoms with Gasteiger partial charge in [0.15, 0.2) is 0 Å². The average molecular weight is 275 g/mol. The molecule has 0 fully saturated rings. The monoisotopic (exact) mass is 275 g/mol. The maximum atomic E-state index is 11.9. The molecule has 0 aromatic rings. The molecule has 0 aliphatic rings. The molecule has 0 aliphatic heterocycles. The van der Waals surface area contributed by atoms with Gasteiger partial charge in [-0.3, -0.25) is 0 Å². The molecule has 0 atom stereocenters. The van der Waals surface area contributed by atoms with E-state index in [0.29, 0.717) is 0 Å². The molecule has 0 rings (SSSR count). The summed E-state index contributed by atoms with van der Waals surface area (Å²) in [5.41, 5.74) is -1.40. The van der Waals surface area contributed by atoms with Crippen molar-refractivity contribution in [3.05, 3.63) is 0 Å². The second kappa shape index (κ2) is 6.75. The Bertz CT molecular complexity index is 286. The van der Waals surface area contributed by atoms with E-state index in [-0.39, 0.29) is 19.6 Å². The van der Waals surface area contributed by atoms with E-state index in [1.54, 1.807) is 41.5 Å². The highest BCUT2D eigenvalue weighted by Gasteiger charge is 2.30. The van der Waals surface area contributed by atoms with Gasteiger partial charge in [0, 0.05) is 13.2 Å². The minimum atomic E-state index is -0.768. The van der Waals surface area contributed by atoms with Gasteiger partial charge < -0.3 is 14.6 Å². The summed E-state index contributed by atoms with van der Waals surface area (Å²) in [5, 5.41) is 8.81. The SMILES string of the molecule is CC(C)(C)OC(=O)N(CCCO)C(=O)OC(C)(C)C. The number of imide groups is 1. The first-order valence-electron chi connectivity index (χ1n) is 6.30. The van der Waals surface area contributed by atoms with E-state index in [1.807, 2.05) is 0 Å². The summed E-state index contributed by atoms with van der Waals surface area (Å²) in [5.74, 6) is 0. The quantitative estimate of drug-likeness (QED) is 0.856. The van der Waals surface area contributed by atoms with E-state index in [1.165, 1.54) is 0 Å². The Morgan fingerprint density at radius 3 is 1.58 bits per heavy atom. The third kappa shape index (κ3) is 8.42.